The number of para-hydroxylation sites is 4. The van der Waals surface area contributed by atoms with Gasteiger partial charge in [0, 0.05) is 67.5 Å². The molecule has 69 heavy (non-hydrogen) atoms. The smallest absolute Gasteiger partial charge is 0.0715 e. The second kappa shape index (κ2) is 14.4. The lowest BCUT2D eigenvalue weighted by atomic mass is 9.67. The zero-order valence-corrected chi connectivity index (χ0v) is 37.5. The molecule has 0 atom stereocenters. The van der Waals surface area contributed by atoms with Gasteiger partial charge in [-0.05, 0) is 118 Å². The average Bonchev–Trinajstić information content (AvgIpc) is 4.25. The van der Waals surface area contributed by atoms with E-state index in [1.165, 1.54) is 98.8 Å². The first-order valence-electron chi connectivity index (χ1n) is 23.8. The van der Waals surface area contributed by atoms with Crippen LogP contribution in [0, 0.1) is 0 Å². The fraction of sp³-hybridized carbons (Fsp3) is 0.0154. The highest BCUT2D eigenvalue weighted by molar-refractivity contribution is 6.20. The van der Waals surface area contributed by atoms with Gasteiger partial charge in [0.1, 0.15) is 0 Å². The fourth-order valence-electron chi connectivity index (χ4n) is 12.3. The standard InChI is InChI=1S/C65H42N4/c1-5-17-43(18-6-1)65(44-19-7-2-8-20-44)57-41-47(68-61-27-15-13-25-51(61)53-33-35-59-55(63(53)68)37-39-66(59)45-21-9-3-10-22-45)29-31-49(57)50-32-30-48(42-58(50)65)69-62-28-16-14-26-52(62)54-34-36-60-56(64(54)69)38-40-67(60)46-23-11-4-12-24-46/h1-42H. The van der Waals surface area contributed by atoms with Gasteiger partial charge in [-0.25, -0.2) is 0 Å². The highest BCUT2D eigenvalue weighted by Gasteiger charge is 2.46. The summed E-state index contributed by atoms with van der Waals surface area (Å²) in [6.07, 6.45) is 4.43. The van der Waals surface area contributed by atoms with E-state index in [4.69, 9.17) is 0 Å². The molecule has 4 nitrogen and oxygen atoms in total. The Kier molecular flexibility index (Phi) is 7.96. The summed E-state index contributed by atoms with van der Waals surface area (Å²) >= 11 is 0. The van der Waals surface area contributed by atoms with Gasteiger partial charge in [-0.15, -0.1) is 0 Å². The summed E-state index contributed by atoms with van der Waals surface area (Å²) in [5, 5.41) is 7.41. The number of benzene rings is 10. The zero-order chi connectivity index (χ0) is 45.2. The Hall–Kier alpha value is -9.12. The van der Waals surface area contributed by atoms with Gasteiger partial charge in [0.25, 0.3) is 0 Å². The summed E-state index contributed by atoms with van der Waals surface area (Å²) in [4.78, 5) is 0. The molecule has 1 aliphatic carbocycles. The molecule has 14 aromatic rings. The molecule has 0 saturated heterocycles. The van der Waals surface area contributed by atoms with Crippen molar-refractivity contribution in [3.63, 3.8) is 0 Å². The third-order valence-electron chi connectivity index (χ3n) is 15.1. The lowest BCUT2D eigenvalue weighted by molar-refractivity contribution is 0.766. The first-order valence-corrected chi connectivity index (χ1v) is 23.8. The minimum Gasteiger partial charge on any atom is -0.316 e. The predicted molar refractivity (Wildman–Crippen MR) is 286 cm³/mol. The Morgan fingerprint density at radius 1 is 0.261 bits per heavy atom. The maximum absolute atomic E-state index is 2.52. The molecule has 0 amide bonds. The first-order chi connectivity index (χ1) is 34.3. The molecule has 0 radical (unpaired) electrons. The topological polar surface area (TPSA) is 19.7 Å². The number of rotatable bonds is 6. The number of hydrogen-bond acceptors (Lipinski definition) is 0. The van der Waals surface area contributed by atoms with Crippen molar-refractivity contribution in [2.45, 2.75) is 5.41 Å². The van der Waals surface area contributed by atoms with Crippen LogP contribution >= 0.6 is 0 Å². The van der Waals surface area contributed by atoms with Crippen molar-refractivity contribution in [2.24, 2.45) is 0 Å². The maximum Gasteiger partial charge on any atom is 0.0715 e. The summed E-state index contributed by atoms with van der Waals surface area (Å²) in [5.74, 6) is 0. The monoisotopic (exact) mass is 878 g/mol. The molecule has 0 fully saturated rings. The molecule has 1 aliphatic rings. The molecule has 322 valence electrons. The van der Waals surface area contributed by atoms with Crippen LogP contribution in [0.5, 0.6) is 0 Å². The second-order valence-electron chi connectivity index (χ2n) is 18.5. The molecule has 4 heteroatoms. The number of nitrogens with zero attached hydrogens (tertiary/aromatic N) is 4. The molecule has 15 rings (SSSR count). The molecule has 0 saturated carbocycles. The molecular weight excluding hydrogens is 837 g/mol. The van der Waals surface area contributed by atoms with Crippen molar-refractivity contribution in [1.82, 2.24) is 18.3 Å². The lowest BCUT2D eigenvalue weighted by Gasteiger charge is -2.34. The molecular formula is C65H42N4. The molecule has 0 bridgehead atoms. The van der Waals surface area contributed by atoms with Gasteiger partial charge in [-0.1, -0.05) is 158 Å². The van der Waals surface area contributed by atoms with Gasteiger partial charge in [0.15, 0.2) is 0 Å². The van der Waals surface area contributed by atoms with Gasteiger partial charge in [0.2, 0.25) is 0 Å². The van der Waals surface area contributed by atoms with Crippen molar-refractivity contribution in [3.05, 3.63) is 277 Å². The highest BCUT2D eigenvalue weighted by atomic mass is 15.0. The van der Waals surface area contributed by atoms with Crippen LogP contribution in [0.25, 0.3) is 99.3 Å². The highest BCUT2D eigenvalue weighted by Crippen LogP contribution is 2.57. The number of aromatic nitrogens is 4. The van der Waals surface area contributed by atoms with Crippen LogP contribution in [-0.4, -0.2) is 18.3 Å². The van der Waals surface area contributed by atoms with Crippen molar-refractivity contribution < 1.29 is 0 Å². The molecule has 0 N–H and O–H groups in total. The SMILES string of the molecule is c1ccc(-n2ccc3c2ccc2c4ccccc4n(-c4ccc5c(c4)C(c4ccccc4)(c4ccccc4)c4cc(-n6c7ccccc7c7ccc8c(ccn8-c8ccccc8)c76)ccc4-5)c23)cc1. The molecule has 10 aromatic carbocycles. The van der Waals surface area contributed by atoms with Gasteiger partial charge < -0.3 is 18.3 Å². The van der Waals surface area contributed by atoms with E-state index in [2.05, 4.69) is 273 Å². The van der Waals surface area contributed by atoms with E-state index in [1.807, 2.05) is 0 Å². The lowest BCUT2D eigenvalue weighted by Crippen LogP contribution is -2.28. The average molecular weight is 879 g/mol. The van der Waals surface area contributed by atoms with Crippen molar-refractivity contribution in [3.8, 4) is 33.9 Å². The van der Waals surface area contributed by atoms with E-state index in [0.717, 1.165) is 22.7 Å². The Bertz CT molecular complexity index is 4060. The van der Waals surface area contributed by atoms with Crippen LogP contribution in [0.2, 0.25) is 0 Å². The van der Waals surface area contributed by atoms with E-state index in [-0.39, 0.29) is 0 Å². The van der Waals surface area contributed by atoms with Crippen LogP contribution < -0.4 is 0 Å². The van der Waals surface area contributed by atoms with Crippen molar-refractivity contribution >= 4 is 65.4 Å². The Labute approximate surface area is 398 Å². The van der Waals surface area contributed by atoms with Crippen LogP contribution in [-0.2, 0) is 5.41 Å². The maximum atomic E-state index is 2.52. The van der Waals surface area contributed by atoms with Crippen molar-refractivity contribution in [1.29, 1.82) is 0 Å². The second-order valence-corrected chi connectivity index (χ2v) is 18.5. The van der Waals surface area contributed by atoms with Crippen LogP contribution in [0.3, 0.4) is 0 Å². The van der Waals surface area contributed by atoms with E-state index >= 15 is 0 Å². The van der Waals surface area contributed by atoms with E-state index in [1.54, 1.807) is 0 Å². The zero-order valence-electron chi connectivity index (χ0n) is 37.5. The Morgan fingerprint density at radius 3 is 1.09 bits per heavy atom. The van der Waals surface area contributed by atoms with Gasteiger partial charge in [0.05, 0.1) is 38.5 Å². The third kappa shape index (κ3) is 5.23. The van der Waals surface area contributed by atoms with Crippen molar-refractivity contribution in [2.75, 3.05) is 0 Å². The first kappa shape index (κ1) is 38.0. The van der Waals surface area contributed by atoms with Gasteiger partial charge >= 0.3 is 0 Å². The molecule has 0 aliphatic heterocycles. The van der Waals surface area contributed by atoms with Crippen LogP contribution in [0.15, 0.2) is 255 Å². The molecule has 4 aromatic heterocycles. The summed E-state index contributed by atoms with van der Waals surface area (Å²) in [6, 6.07) is 89.8. The quantitative estimate of drug-likeness (QED) is 0.159. The van der Waals surface area contributed by atoms with E-state index in [9.17, 15) is 0 Å². The van der Waals surface area contributed by atoms with Gasteiger partial charge in [-0.2, -0.15) is 0 Å². The summed E-state index contributed by atoms with van der Waals surface area (Å²) in [5.41, 5.74) is 18.6. The molecule has 0 unspecified atom stereocenters. The Balaban J connectivity index is 1.01. The largest absolute Gasteiger partial charge is 0.316 e. The third-order valence-corrected chi connectivity index (χ3v) is 15.1. The fourth-order valence-corrected chi connectivity index (χ4v) is 12.3. The van der Waals surface area contributed by atoms with E-state index < -0.39 is 5.41 Å². The summed E-state index contributed by atoms with van der Waals surface area (Å²) < 4.78 is 9.65. The Morgan fingerprint density at radius 2 is 0.652 bits per heavy atom. The number of fused-ring (bicyclic) bond motifs is 13. The normalized spacial score (nSPS) is 13.0. The minimum absolute atomic E-state index is 0.644. The summed E-state index contributed by atoms with van der Waals surface area (Å²) in [6.45, 7) is 0. The predicted octanol–water partition coefficient (Wildman–Crippen LogP) is 16.1. The van der Waals surface area contributed by atoms with Crippen LogP contribution in [0.1, 0.15) is 22.3 Å². The summed E-state index contributed by atoms with van der Waals surface area (Å²) in [7, 11) is 0. The van der Waals surface area contributed by atoms with Gasteiger partial charge in [-0.3, -0.25) is 0 Å². The molecule has 0 spiro atoms. The minimum atomic E-state index is -0.644. The number of hydrogen-bond donors (Lipinski definition) is 0. The van der Waals surface area contributed by atoms with E-state index in [0.29, 0.717) is 0 Å². The van der Waals surface area contributed by atoms with Crippen LogP contribution in [0.4, 0.5) is 0 Å². The molecule has 4 heterocycles.